The number of carbonyl (C=O) groups is 1. The average Bonchev–Trinajstić information content (AvgIpc) is 2.63. The van der Waals surface area contributed by atoms with E-state index in [2.05, 4.69) is 46.9 Å². The second-order valence-electron chi connectivity index (χ2n) is 5.37. The molecule has 0 saturated carbocycles. The number of carbonyl (C=O) groups excluding carboxylic acids is 1. The molecule has 0 bridgehead atoms. The van der Waals surface area contributed by atoms with Gasteiger partial charge in [0.05, 0.1) is 12.2 Å². The summed E-state index contributed by atoms with van der Waals surface area (Å²) in [6, 6.07) is 8.94. The van der Waals surface area contributed by atoms with Crippen molar-refractivity contribution in [3.05, 3.63) is 57.0 Å². The molecule has 0 fully saturated rings. The summed E-state index contributed by atoms with van der Waals surface area (Å²) in [6.07, 6.45) is -8.58. The number of hydrogen-bond acceptors (Lipinski definition) is 3. The number of nitrogens with one attached hydrogen (secondary N) is 1. The molecule has 2 aromatic rings. The summed E-state index contributed by atoms with van der Waals surface area (Å²) in [5, 5.41) is 2.42. The Morgan fingerprint density at radius 2 is 1.72 bits per heavy atom. The van der Waals surface area contributed by atoms with Crippen LogP contribution in [0.1, 0.15) is 12.5 Å². The Hall–Kier alpha value is -2.14. The van der Waals surface area contributed by atoms with Crippen molar-refractivity contribution in [1.82, 2.24) is 0 Å². The van der Waals surface area contributed by atoms with Crippen LogP contribution in [0.2, 0.25) is 0 Å². The number of urea groups is 1. The standard InChI is InChI=1S/C18H14Br2F4N2O3/c1-2-28-15(14-12(19)4-3-5-13(14)20)26-17(27)25-10-6-8-11(9-7-10)29-18(23,24)16(21)22/h3-9,16H,2H2,1H3,(H,25,27)/b26-15-. The van der Waals surface area contributed by atoms with Gasteiger partial charge in [-0.3, -0.25) is 0 Å². The number of alkyl halides is 4. The summed E-state index contributed by atoms with van der Waals surface area (Å²) in [5.74, 6) is -0.426. The third-order valence-electron chi connectivity index (χ3n) is 3.27. The monoisotopic (exact) mass is 540 g/mol. The van der Waals surface area contributed by atoms with E-state index in [4.69, 9.17) is 4.74 Å². The normalized spacial score (nSPS) is 12.1. The molecule has 0 aliphatic rings. The highest BCUT2D eigenvalue weighted by molar-refractivity contribution is 9.11. The van der Waals surface area contributed by atoms with Gasteiger partial charge in [0.2, 0.25) is 5.90 Å². The van der Waals surface area contributed by atoms with Crippen LogP contribution in [0, 0.1) is 0 Å². The third-order valence-corrected chi connectivity index (χ3v) is 4.60. The predicted octanol–water partition coefficient (Wildman–Crippen LogP) is 6.46. The van der Waals surface area contributed by atoms with E-state index in [1.807, 2.05) is 0 Å². The molecule has 2 amide bonds. The van der Waals surface area contributed by atoms with Crippen LogP contribution in [0.15, 0.2) is 56.4 Å². The van der Waals surface area contributed by atoms with E-state index in [0.29, 0.717) is 14.5 Å². The highest BCUT2D eigenvalue weighted by Crippen LogP contribution is 2.29. The minimum Gasteiger partial charge on any atom is -0.477 e. The van der Waals surface area contributed by atoms with Crippen LogP contribution in [0.4, 0.5) is 28.0 Å². The summed E-state index contributed by atoms with van der Waals surface area (Å²) >= 11 is 6.73. The predicted molar refractivity (Wildman–Crippen MR) is 107 cm³/mol. The van der Waals surface area contributed by atoms with Gasteiger partial charge in [-0.05, 0) is 75.2 Å². The Labute approximate surface area is 180 Å². The maximum Gasteiger partial charge on any atom is 0.461 e. The molecule has 156 valence electrons. The molecule has 2 aromatic carbocycles. The fourth-order valence-corrected chi connectivity index (χ4v) is 3.39. The summed E-state index contributed by atoms with van der Waals surface area (Å²) < 4.78 is 60.8. The summed E-state index contributed by atoms with van der Waals surface area (Å²) in [4.78, 5) is 16.1. The molecule has 0 aliphatic heterocycles. The molecule has 0 unspecified atom stereocenters. The first-order valence-electron chi connectivity index (χ1n) is 8.06. The number of aliphatic imine (C=N–C) groups is 1. The maximum atomic E-state index is 12.9. The Balaban J connectivity index is 2.16. The van der Waals surface area contributed by atoms with Gasteiger partial charge in [-0.2, -0.15) is 22.6 Å². The van der Waals surface area contributed by atoms with Gasteiger partial charge >= 0.3 is 18.6 Å². The molecule has 29 heavy (non-hydrogen) atoms. The zero-order valence-corrected chi connectivity index (χ0v) is 17.9. The Morgan fingerprint density at radius 3 is 2.24 bits per heavy atom. The highest BCUT2D eigenvalue weighted by Gasteiger charge is 2.43. The molecule has 1 N–H and O–H groups in total. The quantitative estimate of drug-likeness (QED) is 0.259. The van der Waals surface area contributed by atoms with E-state index in [0.717, 1.165) is 12.1 Å². The fraction of sp³-hybridized carbons (Fsp3) is 0.222. The molecule has 0 aromatic heterocycles. The number of halogens is 6. The van der Waals surface area contributed by atoms with Gasteiger partial charge in [0.25, 0.3) is 0 Å². The van der Waals surface area contributed by atoms with Crippen molar-refractivity contribution in [2.24, 2.45) is 4.99 Å². The first-order chi connectivity index (χ1) is 13.6. The van der Waals surface area contributed by atoms with Crippen molar-refractivity contribution in [2.45, 2.75) is 19.5 Å². The number of anilines is 1. The van der Waals surface area contributed by atoms with Crippen LogP contribution < -0.4 is 10.1 Å². The molecule has 0 heterocycles. The molecule has 0 radical (unpaired) electrons. The fourth-order valence-electron chi connectivity index (χ4n) is 2.05. The smallest absolute Gasteiger partial charge is 0.461 e. The van der Waals surface area contributed by atoms with E-state index in [9.17, 15) is 22.4 Å². The first-order valence-corrected chi connectivity index (χ1v) is 9.64. The van der Waals surface area contributed by atoms with E-state index in [1.165, 1.54) is 12.1 Å². The lowest BCUT2D eigenvalue weighted by Gasteiger charge is -2.16. The Morgan fingerprint density at radius 1 is 1.14 bits per heavy atom. The van der Waals surface area contributed by atoms with Crippen LogP contribution in [-0.4, -0.2) is 31.1 Å². The highest BCUT2D eigenvalue weighted by atomic mass is 79.9. The number of rotatable bonds is 6. The van der Waals surface area contributed by atoms with Crippen molar-refractivity contribution >= 4 is 49.5 Å². The van der Waals surface area contributed by atoms with Crippen molar-refractivity contribution in [3.63, 3.8) is 0 Å². The van der Waals surface area contributed by atoms with E-state index in [1.54, 1.807) is 25.1 Å². The minimum atomic E-state index is -4.61. The van der Waals surface area contributed by atoms with Crippen LogP contribution >= 0.6 is 31.9 Å². The number of amides is 2. The lowest BCUT2D eigenvalue weighted by atomic mass is 10.2. The summed E-state index contributed by atoms with van der Waals surface area (Å²) in [5.41, 5.74) is 0.719. The van der Waals surface area contributed by atoms with E-state index >= 15 is 0 Å². The topological polar surface area (TPSA) is 59.9 Å². The lowest BCUT2D eigenvalue weighted by molar-refractivity contribution is -0.253. The van der Waals surface area contributed by atoms with Crippen molar-refractivity contribution in [2.75, 3.05) is 11.9 Å². The van der Waals surface area contributed by atoms with Crippen molar-refractivity contribution < 1.29 is 31.8 Å². The van der Waals surface area contributed by atoms with Gasteiger partial charge in [0, 0.05) is 14.6 Å². The molecular weight excluding hydrogens is 528 g/mol. The van der Waals surface area contributed by atoms with Crippen LogP contribution in [-0.2, 0) is 4.74 Å². The number of benzene rings is 2. The Kier molecular flexibility index (Phi) is 8.03. The molecule has 11 heteroatoms. The van der Waals surface area contributed by atoms with Crippen LogP contribution in [0.3, 0.4) is 0 Å². The van der Waals surface area contributed by atoms with Crippen LogP contribution in [0.5, 0.6) is 5.75 Å². The van der Waals surface area contributed by atoms with Gasteiger partial charge in [-0.25, -0.2) is 4.79 Å². The molecule has 0 spiro atoms. The van der Waals surface area contributed by atoms with Gasteiger partial charge in [-0.15, -0.1) is 0 Å². The van der Waals surface area contributed by atoms with Crippen LogP contribution in [0.25, 0.3) is 0 Å². The third kappa shape index (κ3) is 6.43. The van der Waals surface area contributed by atoms with Gasteiger partial charge < -0.3 is 14.8 Å². The Bertz CT molecular complexity index is 873. The lowest BCUT2D eigenvalue weighted by Crippen LogP contribution is -2.33. The van der Waals surface area contributed by atoms with E-state index < -0.39 is 24.3 Å². The zero-order chi connectivity index (χ0) is 21.6. The molecule has 0 aliphatic carbocycles. The molecule has 2 rings (SSSR count). The first kappa shape index (κ1) is 23.1. The zero-order valence-electron chi connectivity index (χ0n) is 14.8. The largest absolute Gasteiger partial charge is 0.477 e. The van der Waals surface area contributed by atoms with Gasteiger partial charge in [0.1, 0.15) is 5.75 Å². The molecule has 0 atom stereocenters. The summed E-state index contributed by atoms with van der Waals surface area (Å²) in [7, 11) is 0. The molecular formula is C18H14Br2F4N2O3. The summed E-state index contributed by atoms with van der Waals surface area (Å²) in [6.45, 7) is 1.98. The SMILES string of the molecule is CCO/C(=N\C(=O)Nc1ccc(OC(F)(F)C(F)F)cc1)c1c(Br)cccc1Br. The second-order valence-corrected chi connectivity index (χ2v) is 7.07. The molecule has 5 nitrogen and oxygen atoms in total. The van der Waals surface area contributed by atoms with Crippen molar-refractivity contribution in [3.8, 4) is 5.75 Å². The number of ether oxygens (including phenoxy) is 2. The molecule has 0 saturated heterocycles. The number of nitrogens with zero attached hydrogens (tertiary/aromatic N) is 1. The van der Waals surface area contributed by atoms with Crippen molar-refractivity contribution in [1.29, 1.82) is 0 Å². The van der Waals surface area contributed by atoms with Gasteiger partial charge in [0.15, 0.2) is 0 Å². The minimum absolute atomic E-state index is 0.0564. The maximum absolute atomic E-state index is 12.9. The van der Waals surface area contributed by atoms with Gasteiger partial charge in [-0.1, -0.05) is 6.07 Å². The second kappa shape index (κ2) is 10.1. The average molecular weight is 542 g/mol. The van der Waals surface area contributed by atoms with E-state index in [-0.39, 0.29) is 18.2 Å². The number of hydrogen-bond donors (Lipinski definition) is 1.